The molecule has 2 aromatic rings. The first-order chi connectivity index (χ1) is 12.2. The van der Waals surface area contributed by atoms with Gasteiger partial charge >= 0.3 is 5.97 Å². The average Bonchev–Trinajstić information content (AvgIpc) is 2.58. The number of rotatable bonds is 7. The third-order valence-corrected chi connectivity index (χ3v) is 4.08. The van der Waals surface area contributed by atoms with Crippen LogP contribution in [0, 0.1) is 0 Å². The molecule has 26 heavy (non-hydrogen) atoms. The number of hydrogen-bond donors (Lipinski definition) is 1. The van der Waals surface area contributed by atoms with E-state index in [0.29, 0.717) is 12.4 Å². The van der Waals surface area contributed by atoms with Crippen molar-refractivity contribution in [2.24, 2.45) is 0 Å². The van der Waals surface area contributed by atoms with Crippen LogP contribution < -0.4 is 14.2 Å². The Bertz CT molecular complexity index is 763. The molecule has 0 aromatic heterocycles. The van der Waals surface area contributed by atoms with E-state index in [-0.39, 0.29) is 28.4 Å². The lowest BCUT2D eigenvalue weighted by molar-refractivity contribution is 0.0696. The van der Waals surface area contributed by atoms with Gasteiger partial charge in [0.15, 0.2) is 11.5 Å². The van der Waals surface area contributed by atoms with Crippen molar-refractivity contribution >= 4 is 17.6 Å². The van der Waals surface area contributed by atoms with Gasteiger partial charge in [-0.15, -0.1) is 0 Å². The van der Waals surface area contributed by atoms with Crippen molar-refractivity contribution in [3.8, 4) is 17.2 Å². The fourth-order valence-corrected chi connectivity index (χ4v) is 2.60. The van der Waals surface area contributed by atoms with Gasteiger partial charge in [0.1, 0.15) is 19.0 Å². The third-order valence-electron chi connectivity index (χ3n) is 3.80. The average molecular weight is 379 g/mol. The highest BCUT2D eigenvalue weighted by Gasteiger charge is 2.16. The van der Waals surface area contributed by atoms with Crippen molar-refractivity contribution in [1.29, 1.82) is 0 Å². The molecule has 0 bridgehead atoms. The van der Waals surface area contributed by atoms with Crippen LogP contribution in [0.3, 0.4) is 0 Å². The number of benzene rings is 2. The molecule has 0 aliphatic carbocycles. The van der Waals surface area contributed by atoms with Gasteiger partial charge in [0.25, 0.3) is 0 Å². The van der Waals surface area contributed by atoms with E-state index in [2.05, 4.69) is 20.8 Å². The quantitative estimate of drug-likeness (QED) is 0.701. The van der Waals surface area contributed by atoms with Crippen LogP contribution in [0.4, 0.5) is 0 Å². The van der Waals surface area contributed by atoms with Crippen molar-refractivity contribution in [3.05, 3.63) is 52.5 Å². The molecule has 0 radical (unpaired) electrons. The van der Waals surface area contributed by atoms with Gasteiger partial charge in [0.2, 0.25) is 0 Å². The number of ether oxygens (including phenoxy) is 3. The second kappa shape index (κ2) is 8.32. The van der Waals surface area contributed by atoms with Crippen LogP contribution in [0.15, 0.2) is 36.4 Å². The van der Waals surface area contributed by atoms with Crippen LogP contribution in [0.5, 0.6) is 17.2 Å². The van der Waals surface area contributed by atoms with E-state index in [1.165, 1.54) is 24.8 Å². The zero-order valence-electron chi connectivity index (χ0n) is 15.3. The summed E-state index contributed by atoms with van der Waals surface area (Å²) >= 11 is 6.10. The topological polar surface area (TPSA) is 65.0 Å². The Morgan fingerprint density at radius 3 is 2.23 bits per heavy atom. The Balaban J connectivity index is 1.95. The van der Waals surface area contributed by atoms with Gasteiger partial charge in [0.05, 0.1) is 17.7 Å². The minimum atomic E-state index is -1.08. The molecular formula is C20H23ClO5. The molecule has 140 valence electrons. The highest BCUT2D eigenvalue weighted by atomic mass is 35.5. The van der Waals surface area contributed by atoms with E-state index in [4.69, 9.17) is 30.9 Å². The Morgan fingerprint density at radius 2 is 1.69 bits per heavy atom. The minimum absolute atomic E-state index is 0.0365. The summed E-state index contributed by atoms with van der Waals surface area (Å²) in [4.78, 5) is 11.1. The van der Waals surface area contributed by atoms with E-state index < -0.39 is 5.97 Å². The molecule has 0 atom stereocenters. The first-order valence-corrected chi connectivity index (χ1v) is 8.57. The lowest BCUT2D eigenvalue weighted by Crippen LogP contribution is -2.12. The van der Waals surface area contributed by atoms with Crippen molar-refractivity contribution < 1.29 is 24.1 Å². The van der Waals surface area contributed by atoms with Crippen LogP contribution in [0.1, 0.15) is 36.7 Å². The van der Waals surface area contributed by atoms with Gasteiger partial charge in [-0.1, -0.05) is 44.5 Å². The van der Waals surface area contributed by atoms with Gasteiger partial charge in [-0.3, -0.25) is 0 Å². The predicted octanol–water partition coefficient (Wildman–Crippen LogP) is 4.80. The number of halogens is 1. The summed E-state index contributed by atoms with van der Waals surface area (Å²) in [5, 5.41) is 9.23. The Hall–Kier alpha value is -2.40. The van der Waals surface area contributed by atoms with Crippen LogP contribution >= 0.6 is 11.6 Å². The SMILES string of the molecule is COc1cc(C(=O)O)cc(Cl)c1OCCOc1ccc(C(C)(C)C)cc1. The molecular weight excluding hydrogens is 356 g/mol. The van der Waals surface area contributed by atoms with E-state index in [0.717, 1.165) is 5.75 Å². The molecule has 0 heterocycles. The molecule has 5 nitrogen and oxygen atoms in total. The van der Waals surface area contributed by atoms with Gasteiger partial charge in [-0.05, 0) is 35.2 Å². The van der Waals surface area contributed by atoms with E-state index in [9.17, 15) is 4.79 Å². The lowest BCUT2D eigenvalue weighted by atomic mass is 9.87. The maximum atomic E-state index is 11.1. The molecule has 0 amide bonds. The fraction of sp³-hybridized carbons (Fsp3) is 0.350. The normalized spacial score (nSPS) is 11.1. The Morgan fingerprint density at radius 1 is 1.08 bits per heavy atom. The molecule has 0 spiro atoms. The summed E-state index contributed by atoms with van der Waals surface area (Å²) in [5.74, 6) is 0.231. The number of methoxy groups -OCH3 is 1. The highest BCUT2D eigenvalue weighted by Crippen LogP contribution is 2.36. The number of carboxylic acid groups (broad SMARTS) is 1. The molecule has 0 saturated heterocycles. The van der Waals surface area contributed by atoms with Gasteiger partial charge in [-0.2, -0.15) is 0 Å². The zero-order chi connectivity index (χ0) is 19.3. The molecule has 6 heteroatoms. The first kappa shape index (κ1) is 19.9. The number of carboxylic acids is 1. The van der Waals surface area contributed by atoms with E-state index in [1.807, 2.05) is 24.3 Å². The summed E-state index contributed by atoms with van der Waals surface area (Å²) in [6, 6.07) is 10.6. The van der Waals surface area contributed by atoms with E-state index in [1.54, 1.807) is 0 Å². The zero-order valence-corrected chi connectivity index (χ0v) is 16.1. The highest BCUT2D eigenvalue weighted by molar-refractivity contribution is 6.32. The first-order valence-electron chi connectivity index (χ1n) is 8.19. The molecule has 0 fully saturated rings. The number of aromatic carboxylic acids is 1. The molecule has 1 N–H and O–H groups in total. The van der Waals surface area contributed by atoms with Gasteiger partial charge < -0.3 is 19.3 Å². The molecule has 0 saturated carbocycles. The second-order valence-electron chi connectivity index (χ2n) is 6.77. The van der Waals surface area contributed by atoms with Crippen molar-refractivity contribution in [2.75, 3.05) is 20.3 Å². The minimum Gasteiger partial charge on any atom is -0.493 e. The van der Waals surface area contributed by atoms with Crippen LogP contribution in [0.25, 0.3) is 0 Å². The number of carbonyl (C=O) groups is 1. The summed E-state index contributed by atoms with van der Waals surface area (Å²) in [6.45, 7) is 7.02. The molecule has 0 aliphatic heterocycles. The largest absolute Gasteiger partial charge is 0.493 e. The maximum absolute atomic E-state index is 11.1. The summed E-state index contributed by atoms with van der Waals surface area (Å²) in [6.07, 6.45) is 0. The van der Waals surface area contributed by atoms with Crippen LogP contribution in [-0.4, -0.2) is 31.4 Å². The standard InChI is InChI=1S/C20H23ClO5/c1-20(2,3)14-5-7-15(8-6-14)25-9-10-26-18-16(21)11-13(19(22)23)12-17(18)24-4/h5-8,11-12H,9-10H2,1-4H3,(H,22,23). The lowest BCUT2D eigenvalue weighted by Gasteiger charge is -2.19. The molecule has 2 rings (SSSR count). The Kier molecular flexibility index (Phi) is 6.37. The fourth-order valence-electron chi connectivity index (χ4n) is 2.34. The van der Waals surface area contributed by atoms with Crippen molar-refractivity contribution in [3.63, 3.8) is 0 Å². The molecule has 2 aromatic carbocycles. The summed E-state index contributed by atoms with van der Waals surface area (Å²) < 4.78 is 16.4. The maximum Gasteiger partial charge on any atom is 0.335 e. The van der Waals surface area contributed by atoms with Crippen molar-refractivity contribution in [1.82, 2.24) is 0 Å². The van der Waals surface area contributed by atoms with Crippen LogP contribution in [-0.2, 0) is 5.41 Å². The molecule has 0 aliphatic rings. The molecule has 0 unspecified atom stereocenters. The summed E-state index contributed by atoms with van der Waals surface area (Å²) in [7, 11) is 1.43. The predicted molar refractivity (Wildman–Crippen MR) is 101 cm³/mol. The smallest absolute Gasteiger partial charge is 0.335 e. The van der Waals surface area contributed by atoms with E-state index >= 15 is 0 Å². The van der Waals surface area contributed by atoms with Crippen LogP contribution in [0.2, 0.25) is 5.02 Å². The van der Waals surface area contributed by atoms with Gasteiger partial charge in [-0.25, -0.2) is 4.79 Å². The monoisotopic (exact) mass is 378 g/mol. The third kappa shape index (κ3) is 5.05. The number of hydrogen-bond acceptors (Lipinski definition) is 4. The summed E-state index contributed by atoms with van der Waals surface area (Å²) in [5.41, 5.74) is 1.36. The van der Waals surface area contributed by atoms with Crippen molar-refractivity contribution in [2.45, 2.75) is 26.2 Å². The second-order valence-corrected chi connectivity index (χ2v) is 7.17. The Labute approximate surface area is 158 Å². The van der Waals surface area contributed by atoms with Gasteiger partial charge in [0, 0.05) is 0 Å².